The van der Waals surface area contributed by atoms with E-state index in [9.17, 15) is 4.79 Å². The molecule has 3 heteroatoms. The molecule has 0 aromatic rings. The van der Waals surface area contributed by atoms with Crippen LogP contribution in [0.15, 0.2) is 12.2 Å². The zero-order chi connectivity index (χ0) is 6.57. The number of hydrogen-bond donors (Lipinski definition) is 2. The maximum absolute atomic E-state index is 10.0. The van der Waals surface area contributed by atoms with E-state index in [4.69, 9.17) is 5.11 Å². The first kappa shape index (κ1) is 7.17. The Labute approximate surface area is 47.8 Å². The van der Waals surface area contributed by atoms with Crippen LogP contribution in [0.4, 0.5) is 0 Å². The average molecular weight is 115 g/mol. The van der Waals surface area contributed by atoms with Gasteiger partial charge in [0.05, 0.1) is 0 Å². The van der Waals surface area contributed by atoms with Gasteiger partial charge in [0.2, 0.25) is 5.91 Å². The van der Waals surface area contributed by atoms with Crippen molar-refractivity contribution in [2.24, 2.45) is 5.73 Å². The van der Waals surface area contributed by atoms with E-state index in [0.717, 1.165) is 0 Å². The Kier molecular flexibility index (Phi) is 2.88. The third-order valence-corrected chi connectivity index (χ3v) is 0.666. The number of aliphatic hydroxyl groups is 1. The minimum atomic E-state index is -1.13. The van der Waals surface area contributed by atoms with Gasteiger partial charge in [-0.05, 0) is 6.92 Å². The highest BCUT2D eigenvalue weighted by molar-refractivity contribution is 5.80. The Morgan fingerprint density at radius 1 is 1.88 bits per heavy atom. The van der Waals surface area contributed by atoms with Crippen LogP contribution in [0.5, 0.6) is 0 Å². The van der Waals surface area contributed by atoms with E-state index in [1.807, 2.05) is 0 Å². The highest BCUT2D eigenvalue weighted by atomic mass is 16.3. The lowest BCUT2D eigenvalue weighted by atomic mass is 10.3. The molecule has 0 aliphatic heterocycles. The number of rotatable bonds is 2. The van der Waals surface area contributed by atoms with Crippen LogP contribution in [0.2, 0.25) is 0 Å². The molecule has 0 aliphatic rings. The van der Waals surface area contributed by atoms with Crippen LogP contribution in [-0.2, 0) is 4.79 Å². The second kappa shape index (κ2) is 3.21. The molecular formula is C5H9NO2. The van der Waals surface area contributed by atoms with Gasteiger partial charge in [-0.15, -0.1) is 0 Å². The number of carbonyl (C=O) groups is 1. The van der Waals surface area contributed by atoms with Gasteiger partial charge in [-0.2, -0.15) is 0 Å². The number of amides is 1. The third-order valence-electron chi connectivity index (χ3n) is 0.666. The van der Waals surface area contributed by atoms with Crippen molar-refractivity contribution in [3.63, 3.8) is 0 Å². The zero-order valence-electron chi connectivity index (χ0n) is 4.66. The van der Waals surface area contributed by atoms with Gasteiger partial charge >= 0.3 is 0 Å². The molecule has 3 N–H and O–H groups in total. The Bertz CT molecular complexity index is 109. The molecule has 0 saturated heterocycles. The van der Waals surface area contributed by atoms with E-state index in [-0.39, 0.29) is 0 Å². The second-order valence-corrected chi connectivity index (χ2v) is 1.37. The monoisotopic (exact) mass is 115 g/mol. The van der Waals surface area contributed by atoms with Crippen molar-refractivity contribution < 1.29 is 9.90 Å². The highest BCUT2D eigenvalue weighted by Gasteiger charge is 2.02. The highest BCUT2D eigenvalue weighted by Crippen LogP contribution is 1.81. The minimum Gasteiger partial charge on any atom is -0.379 e. The Morgan fingerprint density at radius 2 is 2.38 bits per heavy atom. The molecule has 0 aliphatic carbocycles. The summed E-state index contributed by atoms with van der Waals surface area (Å²) in [6, 6.07) is 0. The SMILES string of the molecule is C/C=C/C(O)C(N)=O. The number of hydrogen-bond acceptors (Lipinski definition) is 2. The van der Waals surface area contributed by atoms with Crippen LogP contribution in [0.1, 0.15) is 6.92 Å². The Balaban J connectivity index is 3.64. The lowest BCUT2D eigenvalue weighted by Gasteiger charge is -1.94. The molecule has 1 atom stereocenters. The molecule has 0 bridgehead atoms. The number of aliphatic hydroxyl groups excluding tert-OH is 1. The number of nitrogens with two attached hydrogens (primary N) is 1. The van der Waals surface area contributed by atoms with Crippen molar-refractivity contribution in [2.75, 3.05) is 0 Å². The largest absolute Gasteiger partial charge is 0.379 e. The van der Waals surface area contributed by atoms with Gasteiger partial charge in [-0.3, -0.25) is 4.79 Å². The fourth-order valence-corrected chi connectivity index (χ4v) is 0.277. The molecule has 0 aromatic heterocycles. The molecule has 0 rings (SSSR count). The summed E-state index contributed by atoms with van der Waals surface area (Å²) in [4.78, 5) is 10.0. The van der Waals surface area contributed by atoms with Crippen molar-refractivity contribution in [3.05, 3.63) is 12.2 Å². The normalized spacial score (nSPS) is 14.2. The maximum atomic E-state index is 10.0. The number of carbonyl (C=O) groups excluding carboxylic acids is 1. The van der Waals surface area contributed by atoms with E-state index >= 15 is 0 Å². The van der Waals surface area contributed by atoms with Crippen LogP contribution in [-0.4, -0.2) is 17.1 Å². The van der Waals surface area contributed by atoms with Gasteiger partial charge in [-0.25, -0.2) is 0 Å². The van der Waals surface area contributed by atoms with E-state index in [1.165, 1.54) is 6.08 Å². The fourth-order valence-electron chi connectivity index (χ4n) is 0.277. The molecule has 1 unspecified atom stereocenters. The Hall–Kier alpha value is -0.830. The summed E-state index contributed by atoms with van der Waals surface area (Å²) < 4.78 is 0. The first-order valence-corrected chi connectivity index (χ1v) is 2.28. The van der Waals surface area contributed by atoms with Crippen molar-refractivity contribution in [1.82, 2.24) is 0 Å². The van der Waals surface area contributed by atoms with Crippen molar-refractivity contribution in [3.8, 4) is 0 Å². The summed E-state index contributed by atoms with van der Waals surface area (Å²) in [6.45, 7) is 1.70. The summed E-state index contributed by atoms with van der Waals surface area (Å²) in [6.07, 6.45) is 1.76. The molecule has 0 radical (unpaired) electrons. The molecule has 1 amide bonds. The second-order valence-electron chi connectivity index (χ2n) is 1.37. The average Bonchev–Trinajstić information content (AvgIpc) is 1.67. The molecule has 3 nitrogen and oxygen atoms in total. The lowest BCUT2D eigenvalue weighted by molar-refractivity contribution is -0.123. The summed E-state index contributed by atoms with van der Waals surface area (Å²) in [7, 11) is 0. The van der Waals surface area contributed by atoms with Crippen LogP contribution in [0, 0.1) is 0 Å². The first-order chi connectivity index (χ1) is 3.68. The number of allylic oxidation sites excluding steroid dienone is 1. The lowest BCUT2D eigenvalue weighted by Crippen LogP contribution is -2.25. The van der Waals surface area contributed by atoms with E-state index in [1.54, 1.807) is 13.0 Å². The minimum absolute atomic E-state index is 0.719. The van der Waals surface area contributed by atoms with Crippen molar-refractivity contribution in [1.29, 1.82) is 0 Å². The zero-order valence-corrected chi connectivity index (χ0v) is 4.66. The summed E-state index contributed by atoms with van der Waals surface area (Å²) in [5.41, 5.74) is 4.68. The molecule has 0 heterocycles. The summed E-state index contributed by atoms with van der Waals surface area (Å²) in [5, 5.41) is 8.57. The summed E-state index contributed by atoms with van der Waals surface area (Å²) in [5.74, 6) is -0.719. The fraction of sp³-hybridized carbons (Fsp3) is 0.400. The van der Waals surface area contributed by atoms with Gasteiger partial charge in [0.25, 0.3) is 0 Å². The van der Waals surface area contributed by atoms with Gasteiger partial charge in [0, 0.05) is 0 Å². The topological polar surface area (TPSA) is 63.3 Å². The van der Waals surface area contributed by atoms with E-state index in [2.05, 4.69) is 5.73 Å². The molecule has 0 aromatic carbocycles. The van der Waals surface area contributed by atoms with Gasteiger partial charge < -0.3 is 10.8 Å². The maximum Gasteiger partial charge on any atom is 0.250 e. The van der Waals surface area contributed by atoms with Crippen LogP contribution in [0.3, 0.4) is 0 Å². The van der Waals surface area contributed by atoms with Gasteiger partial charge in [-0.1, -0.05) is 12.2 Å². The first-order valence-electron chi connectivity index (χ1n) is 2.28. The molecule has 0 fully saturated rings. The standard InChI is InChI=1S/C5H9NO2/c1-2-3-4(7)5(6)8/h2-4,7H,1H3,(H2,6,8)/b3-2+. The summed E-state index contributed by atoms with van der Waals surface area (Å²) >= 11 is 0. The van der Waals surface area contributed by atoms with Crippen LogP contribution < -0.4 is 5.73 Å². The molecule has 46 valence electrons. The molecule has 8 heavy (non-hydrogen) atoms. The van der Waals surface area contributed by atoms with Crippen LogP contribution in [0.25, 0.3) is 0 Å². The van der Waals surface area contributed by atoms with Gasteiger partial charge in [0.15, 0.2) is 6.10 Å². The van der Waals surface area contributed by atoms with Crippen molar-refractivity contribution >= 4 is 5.91 Å². The van der Waals surface area contributed by atoms with Crippen molar-refractivity contribution in [2.45, 2.75) is 13.0 Å². The third kappa shape index (κ3) is 2.36. The molecule has 0 saturated carbocycles. The quantitative estimate of drug-likeness (QED) is 0.472. The predicted octanol–water partition coefficient (Wildman–Crippen LogP) is -0.591. The van der Waals surface area contributed by atoms with Gasteiger partial charge in [0.1, 0.15) is 0 Å². The van der Waals surface area contributed by atoms with E-state index in [0.29, 0.717) is 0 Å². The number of primary amides is 1. The van der Waals surface area contributed by atoms with E-state index < -0.39 is 12.0 Å². The molecule has 0 spiro atoms. The van der Waals surface area contributed by atoms with Crippen LogP contribution >= 0.6 is 0 Å². The predicted molar refractivity (Wildman–Crippen MR) is 30.0 cm³/mol. The smallest absolute Gasteiger partial charge is 0.250 e. The Morgan fingerprint density at radius 3 is 2.50 bits per heavy atom. The molecular weight excluding hydrogens is 106 g/mol.